The van der Waals surface area contributed by atoms with Crippen LogP contribution in [0.1, 0.15) is 37.9 Å². The lowest BCUT2D eigenvalue weighted by atomic mass is 9.92. The average molecular weight is 300 g/mol. The summed E-state index contributed by atoms with van der Waals surface area (Å²) in [4.78, 5) is 0. The zero-order valence-electron chi connectivity index (χ0n) is 11.8. The summed E-state index contributed by atoms with van der Waals surface area (Å²) in [6.45, 7) is 3.71. The molecule has 1 aromatic rings. The minimum atomic E-state index is -0.630. The first-order chi connectivity index (χ1) is 9.67. The van der Waals surface area contributed by atoms with Crippen LogP contribution in [0.4, 0.5) is 0 Å². The second-order valence-corrected chi connectivity index (χ2v) is 5.52. The zero-order chi connectivity index (χ0) is 14.5. The Balaban J connectivity index is 2.28. The van der Waals surface area contributed by atoms with Gasteiger partial charge in [0.05, 0.1) is 24.3 Å². The molecule has 0 saturated carbocycles. The highest BCUT2D eigenvalue weighted by molar-refractivity contribution is 6.32. The molecule has 1 aliphatic rings. The molecule has 0 bridgehead atoms. The number of aliphatic hydroxyl groups is 1. The van der Waals surface area contributed by atoms with Gasteiger partial charge in [-0.15, -0.1) is 0 Å². The second kappa shape index (κ2) is 7.16. The van der Waals surface area contributed by atoms with E-state index in [-0.39, 0.29) is 5.92 Å². The Morgan fingerprint density at radius 2 is 2.10 bits per heavy atom. The van der Waals surface area contributed by atoms with Crippen LogP contribution in [0.15, 0.2) is 12.1 Å². The van der Waals surface area contributed by atoms with Crippen molar-refractivity contribution in [1.29, 1.82) is 0 Å². The van der Waals surface area contributed by atoms with E-state index < -0.39 is 6.10 Å². The molecule has 0 spiro atoms. The number of halogens is 1. The molecule has 0 aromatic heterocycles. The third-order valence-corrected chi connectivity index (χ3v) is 3.86. The maximum absolute atomic E-state index is 10.5. The summed E-state index contributed by atoms with van der Waals surface area (Å²) >= 11 is 6.24. The first-order valence-electron chi connectivity index (χ1n) is 7.14. The van der Waals surface area contributed by atoms with E-state index >= 15 is 0 Å². The number of rotatable bonds is 5. The molecule has 1 heterocycles. The van der Waals surface area contributed by atoms with E-state index in [1.54, 1.807) is 6.07 Å². The minimum Gasteiger partial charge on any atom is -0.489 e. The van der Waals surface area contributed by atoms with Gasteiger partial charge in [-0.25, -0.2) is 0 Å². The first-order valence-corrected chi connectivity index (χ1v) is 7.52. The van der Waals surface area contributed by atoms with E-state index in [4.69, 9.17) is 26.8 Å². The fourth-order valence-corrected chi connectivity index (χ4v) is 2.74. The Kier molecular flexibility index (Phi) is 5.52. The largest absolute Gasteiger partial charge is 0.489 e. The third kappa shape index (κ3) is 3.37. The summed E-state index contributed by atoms with van der Waals surface area (Å²) in [6.07, 6.45) is 2.06. The fraction of sp³-hybridized carbons (Fsp3) is 0.600. The van der Waals surface area contributed by atoms with Crippen molar-refractivity contribution in [2.75, 3.05) is 19.8 Å². The van der Waals surface area contributed by atoms with Crippen LogP contribution in [0.3, 0.4) is 0 Å². The molecule has 2 rings (SSSR count). The van der Waals surface area contributed by atoms with Crippen molar-refractivity contribution in [2.45, 2.75) is 32.3 Å². The Morgan fingerprint density at radius 1 is 1.35 bits per heavy atom. The van der Waals surface area contributed by atoms with Crippen molar-refractivity contribution in [3.05, 3.63) is 22.7 Å². The minimum absolute atomic E-state index is 0.0285. The van der Waals surface area contributed by atoms with E-state index in [2.05, 4.69) is 6.92 Å². The van der Waals surface area contributed by atoms with Crippen molar-refractivity contribution in [3.8, 4) is 11.5 Å². The maximum Gasteiger partial charge on any atom is 0.179 e. The molecule has 3 N–H and O–H groups in total. The van der Waals surface area contributed by atoms with Gasteiger partial charge in [0.1, 0.15) is 0 Å². The SMILES string of the molecule is CCCC(CN)C(O)c1cc(Cl)c2c(c1)OCCCO2. The zero-order valence-corrected chi connectivity index (χ0v) is 12.5. The van der Waals surface area contributed by atoms with Crippen molar-refractivity contribution >= 4 is 11.6 Å². The molecule has 1 aliphatic heterocycles. The first kappa shape index (κ1) is 15.4. The molecular weight excluding hydrogens is 278 g/mol. The van der Waals surface area contributed by atoms with E-state index in [9.17, 15) is 5.11 Å². The molecule has 5 heteroatoms. The molecule has 2 unspecified atom stereocenters. The van der Waals surface area contributed by atoms with Gasteiger partial charge in [0.25, 0.3) is 0 Å². The van der Waals surface area contributed by atoms with Gasteiger partial charge in [-0.05, 0) is 30.7 Å². The number of aliphatic hydroxyl groups excluding tert-OH is 1. The summed E-state index contributed by atoms with van der Waals surface area (Å²) in [7, 11) is 0. The summed E-state index contributed by atoms with van der Waals surface area (Å²) in [5.74, 6) is 1.21. The van der Waals surface area contributed by atoms with Crippen molar-refractivity contribution in [2.24, 2.45) is 11.7 Å². The maximum atomic E-state index is 10.5. The van der Waals surface area contributed by atoms with Crippen LogP contribution >= 0.6 is 11.6 Å². The van der Waals surface area contributed by atoms with Gasteiger partial charge >= 0.3 is 0 Å². The lowest BCUT2D eigenvalue weighted by molar-refractivity contribution is 0.106. The molecule has 20 heavy (non-hydrogen) atoms. The highest BCUT2D eigenvalue weighted by Crippen LogP contribution is 2.40. The van der Waals surface area contributed by atoms with Crippen molar-refractivity contribution in [1.82, 2.24) is 0 Å². The van der Waals surface area contributed by atoms with Crippen LogP contribution in [-0.2, 0) is 0 Å². The summed E-state index contributed by atoms with van der Waals surface area (Å²) in [6, 6.07) is 3.56. The van der Waals surface area contributed by atoms with Gasteiger partial charge in [-0.1, -0.05) is 24.9 Å². The van der Waals surface area contributed by atoms with Crippen LogP contribution in [0.25, 0.3) is 0 Å². The highest BCUT2D eigenvalue weighted by Gasteiger charge is 2.23. The van der Waals surface area contributed by atoms with Gasteiger partial charge < -0.3 is 20.3 Å². The molecule has 0 saturated heterocycles. The van der Waals surface area contributed by atoms with Gasteiger partial charge in [0.15, 0.2) is 11.5 Å². The van der Waals surface area contributed by atoms with Crippen molar-refractivity contribution < 1.29 is 14.6 Å². The van der Waals surface area contributed by atoms with Crippen LogP contribution < -0.4 is 15.2 Å². The molecule has 0 radical (unpaired) electrons. The number of fused-ring (bicyclic) bond motifs is 1. The van der Waals surface area contributed by atoms with Crippen LogP contribution in [0, 0.1) is 5.92 Å². The number of ether oxygens (including phenoxy) is 2. The monoisotopic (exact) mass is 299 g/mol. The average Bonchev–Trinajstić information content (AvgIpc) is 2.69. The second-order valence-electron chi connectivity index (χ2n) is 5.11. The normalized spacial score (nSPS) is 17.4. The summed E-state index contributed by atoms with van der Waals surface area (Å²) < 4.78 is 11.2. The molecule has 0 fully saturated rings. The topological polar surface area (TPSA) is 64.7 Å². The van der Waals surface area contributed by atoms with Gasteiger partial charge in [0, 0.05) is 12.3 Å². The number of benzene rings is 1. The predicted octanol–water partition coefficient (Wildman–Crippen LogP) is 2.91. The standard InChI is InChI=1S/C15H22ClNO3/c1-2-4-10(9-17)14(18)11-7-12(16)15-13(8-11)19-5-3-6-20-15/h7-8,10,14,18H,2-6,9,17H2,1H3. The molecule has 0 aliphatic carbocycles. The molecule has 2 atom stereocenters. The Bertz CT molecular complexity index is 453. The quantitative estimate of drug-likeness (QED) is 0.877. The van der Waals surface area contributed by atoms with E-state index in [1.807, 2.05) is 6.07 Å². The van der Waals surface area contributed by atoms with E-state index in [0.29, 0.717) is 36.3 Å². The Labute approximate surface area is 124 Å². The Morgan fingerprint density at radius 3 is 2.80 bits per heavy atom. The number of nitrogens with two attached hydrogens (primary N) is 1. The summed E-state index contributed by atoms with van der Waals surface area (Å²) in [5, 5.41) is 11.0. The predicted molar refractivity (Wildman–Crippen MR) is 79.5 cm³/mol. The van der Waals surface area contributed by atoms with Gasteiger partial charge in [0.2, 0.25) is 0 Å². The molecule has 4 nitrogen and oxygen atoms in total. The lowest BCUT2D eigenvalue weighted by Crippen LogP contribution is -2.22. The van der Waals surface area contributed by atoms with E-state index in [0.717, 1.165) is 24.8 Å². The molecular formula is C15H22ClNO3. The fourth-order valence-electron chi connectivity index (χ4n) is 2.47. The van der Waals surface area contributed by atoms with Crippen LogP contribution in [0.5, 0.6) is 11.5 Å². The van der Waals surface area contributed by atoms with Gasteiger partial charge in [-0.3, -0.25) is 0 Å². The Hall–Kier alpha value is -0.970. The summed E-state index contributed by atoms with van der Waals surface area (Å²) in [5.41, 5.74) is 6.49. The van der Waals surface area contributed by atoms with Gasteiger partial charge in [-0.2, -0.15) is 0 Å². The van der Waals surface area contributed by atoms with Crippen molar-refractivity contribution in [3.63, 3.8) is 0 Å². The molecule has 112 valence electrons. The lowest BCUT2D eigenvalue weighted by Gasteiger charge is -2.22. The van der Waals surface area contributed by atoms with Crippen LogP contribution in [-0.4, -0.2) is 24.9 Å². The van der Waals surface area contributed by atoms with E-state index in [1.165, 1.54) is 0 Å². The van der Waals surface area contributed by atoms with Crippen LogP contribution in [0.2, 0.25) is 5.02 Å². The number of hydrogen-bond acceptors (Lipinski definition) is 4. The smallest absolute Gasteiger partial charge is 0.179 e. The number of hydrogen-bond donors (Lipinski definition) is 2. The molecule has 0 amide bonds. The highest BCUT2D eigenvalue weighted by atomic mass is 35.5. The molecule has 1 aromatic carbocycles. The third-order valence-electron chi connectivity index (χ3n) is 3.57.